The predicted octanol–water partition coefficient (Wildman–Crippen LogP) is 4.19. The SMILES string of the molecule is O=C1OCCN1/C=[C](\c1ccccc1)[Ge]([c]1ccccc1)([c]1ccccc1)[c]1ccccc1. The molecular formula is C29H25GeNO2. The van der Waals surface area contributed by atoms with E-state index in [0.717, 1.165) is 5.56 Å². The third-order valence-corrected chi connectivity index (χ3v) is 16.3. The van der Waals surface area contributed by atoms with Gasteiger partial charge in [-0.05, 0) is 0 Å². The molecule has 0 N–H and O–H groups in total. The van der Waals surface area contributed by atoms with E-state index >= 15 is 0 Å². The fourth-order valence-corrected chi connectivity index (χ4v) is 15.1. The molecule has 1 fully saturated rings. The van der Waals surface area contributed by atoms with Crippen molar-refractivity contribution >= 4 is 37.0 Å². The molecule has 0 unspecified atom stereocenters. The zero-order valence-corrected chi connectivity index (χ0v) is 20.4. The molecule has 1 amide bonds. The molecule has 4 heteroatoms. The van der Waals surface area contributed by atoms with E-state index in [-0.39, 0.29) is 6.09 Å². The molecule has 0 atom stereocenters. The Labute approximate surface area is 197 Å². The molecule has 4 aromatic rings. The number of ether oxygens (including phenoxy) is 1. The first-order valence-corrected chi connectivity index (χ1v) is 15.4. The van der Waals surface area contributed by atoms with Crippen LogP contribution in [0.4, 0.5) is 4.79 Å². The van der Waals surface area contributed by atoms with E-state index in [1.54, 1.807) is 4.90 Å². The summed E-state index contributed by atoms with van der Waals surface area (Å²) in [5.74, 6) is 0. The van der Waals surface area contributed by atoms with Gasteiger partial charge in [0.05, 0.1) is 0 Å². The number of amides is 1. The number of hydrogen-bond donors (Lipinski definition) is 0. The average molecular weight is 492 g/mol. The molecule has 1 aliphatic heterocycles. The van der Waals surface area contributed by atoms with E-state index in [9.17, 15) is 4.79 Å². The molecule has 0 aliphatic carbocycles. The summed E-state index contributed by atoms with van der Waals surface area (Å²) in [6.45, 7) is 0.977. The second kappa shape index (κ2) is 9.51. The number of cyclic esters (lactones) is 1. The second-order valence-corrected chi connectivity index (χ2v) is 16.0. The third kappa shape index (κ3) is 4.00. The van der Waals surface area contributed by atoms with Crippen LogP contribution in [-0.2, 0) is 4.74 Å². The standard InChI is InChI=1S/C29H25GeNO2/c32-29-31(21-22-33-29)23-28(24-13-5-1-6-14-24)30(25-15-7-2-8-16-25,26-17-9-3-10-18-26)27-19-11-4-12-20-27/h1-20,23H,21-22H2/b28-23+. The summed E-state index contributed by atoms with van der Waals surface area (Å²) in [5, 5.41) is 0. The molecule has 1 saturated heterocycles. The van der Waals surface area contributed by atoms with Crippen molar-refractivity contribution in [1.29, 1.82) is 0 Å². The van der Waals surface area contributed by atoms with Gasteiger partial charge in [-0.15, -0.1) is 0 Å². The molecule has 0 aromatic heterocycles. The van der Waals surface area contributed by atoms with Crippen LogP contribution in [0.25, 0.3) is 4.41 Å². The molecule has 5 rings (SSSR count). The second-order valence-electron chi connectivity index (χ2n) is 8.06. The number of carbonyl (C=O) groups excluding carboxylic acids is 1. The molecule has 3 nitrogen and oxygen atoms in total. The fraction of sp³-hybridized carbons (Fsp3) is 0.0690. The first-order chi connectivity index (χ1) is 16.3. The van der Waals surface area contributed by atoms with Crippen LogP contribution in [0.15, 0.2) is 128 Å². The van der Waals surface area contributed by atoms with Gasteiger partial charge in [-0.2, -0.15) is 0 Å². The van der Waals surface area contributed by atoms with Crippen LogP contribution in [0.3, 0.4) is 0 Å². The van der Waals surface area contributed by atoms with E-state index in [1.165, 1.54) is 17.6 Å². The van der Waals surface area contributed by atoms with Gasteiger partial charge >= 0.3 is 198 Å². The Morgan fingerprint density at radius 3 is 1.48 bits per heavy atom. The van der Waals surface area contributed by atoms with Crippen molar-refractivity contribution in [2.24, 2.45) is 0 Å². The monoisotopic (exact) mass is 493 g/mol. The minimum absolute atomic E-state index is 0.283. The summed E-state index contributed by atoms with van der Waals surface area (Å²) in [4.78, 5) is 14.3. The summed E-state index contributed by atoms with van der Waals surface area (Å²) in [6.07, 6.45) is 1.78. The molecule has 1 aliphatic rings. The van der Waals surface area contributed by atoms with E-state index in [4.69, 9.17) is 4.74 Å². The zero-order valence-electron chi connectivity index (χ0n) is 18.3. The Hall–Kier alpha value is -3.57. The number of nitrogens with zero attached hydrogens (tertiary/aromatic N) is 1. The van der Waals surface area contributed by atoms with Gasteiger partial charge in [0.1, 0.15) is 0 Å². The van der Waals surface area contributed by atoms with Crippen LogP contribution in [0.5, 0.6) is 0 Å². The quantitative estimate of drug-likeness (QED) is 0.378. The number of benzene rings is 4. The molecule has 162 valence electrons. The number of rotatable bonds is 6. The van der Waals surface area contributed by atoms with Gasteiger partial charge in [0.15, 0.2) is 0 Å². The van der Waals surface area contributed by atoms with Gasteiger partial charge in [-0.1, -0.05) is 0 Å². The molecular weight excluding hydrogens is 467 g/mol. The Bertz CT molecular complexity index is 1150. The molecule has 0 bridgehead atoms. The molecule has 0 saturated carbocycles. The summed E-state index contributed by atoms with van der Waals surface area (Å²) < 4.78 is 10.5. The number of hydrogen-bond acceptors (Lipinski definition) is 2. The van der Waals surface area contributed by atoms with Crippen LogP contribution in [0, 0.1) is 0 Å². The van der Waals surface area contributed by atoms with Crippen LogP contribution in [0.1, 0.15) is 5.56 Å². The normalized spacial score (nSPS) is 14.2. The maximum atomic E-state index is 12.6. The average Bonchev–Trinajstić information content (AvgIpc) is 3.30. The van der Waals surface area contributed by atoms with Gasteiger partial charge in [-0.3, -0.25) is 0 Å². The van der Waals surface area contributed by atoms with Crippen molar-refractivity contribution in [3.63, 3.8) is 0 Å². The van der Waals surface area contributed by atoms with Gasteiger partial charge in [0.25, 0.3) is 0 Å². The van der Waals surface area contributed by atoms with Crippen molar-refractivity contribution in [2.45, 2.75) is 0 Å². The van der Waals surface area contributed by atoms with Crippen LogP contribution in [-0.4, -0.2) is 37.4 Å². The van der Waals surface area contributed by atoms with Gasteiger partial charge in [0, 0.05) is 0 Å². The van der Waals surface area contributed by atoms with Gasteiger partial charge < -0.3 is 0 Å². The summed E-state index contributed by atoms with van der Waals surface area (Å²) in [7, 11) is 0. The molecule has 0 spiro atoms. The minimum atomic E-state index is -3.53. The zero-order chi connectivity index (χ0) is 22.5. The third-order valence-electron chi connectivity index (χ3n) is 6.19. The van der Waals surface area contributed by atoms with Gasteiger partial charge in [0.2, 0.25) is 0 Å². The Kier molecular flexibility index (Phi) is 6.14. The van der Waals surface area contributed by atoms with Crippen molar-refractivity contribution in [3.05, 3.63) is 133 Å². The van der Waals surface area contributed by atoms with Crippen molar-refractivity contribution in [1.82, 2.24) is 4.90 Å². The molecule has 33 heavy (non-hydrogen) atoms. The van der Waals surface area contributed by atoms with E-state index in [0.29, 0.717) is 13.2 Å². The fourth-order valence-electron chi connectivity index (χ4n) is 4.72. The van der Waals surface area contributed by atoms with E-state index in [2.05, 4.69) is 121 Å². The summed E-state index contributed by atoms with van der Waals surface area (Å²) >= 11 is -3.53. The van der Waals surface area contributed by atoms with Crippen LogP contribution < -0.4 is 13.2 Å². The van der Waals surface area contributed by atoms with Crippen LogP contribution in [0.2, 0.25) is 0 Å². The predicted molar refractivity (Wildman–Crippen MR) is 136 cm³/mol. The first-order valence-electron chi connectivity index (χ1n) is 11.2. The molecule has 4 aromatic carbocycles. The van der Waals surface area contributed by atoms with E-state index in [1.807, 2.05) is 6.07 Å². The number of carbonyl (C=O) groups is 1. The van der Waals surface area contributed by atoms with Gasteiger partial charge in [-0.25, -0.2) is 0 Å². The van der Waals surface area contributed by atoms with Crippen molar-refractivity contribution in [2.75, 3.05) is 13.2 Å². The molecule has 1 heterocycles. The molecule has 0 radical (unpaired) electrons. The van der Waals surface area contributed by atoms with Crippen molar-refractivity contribution < 1.29 is 9.53 Å². The van der Waals surface area contributed by atoms with Crippen molar-refractivity contribution in [3.8, 4) is 0 Å². The Balaban J connectivity index is 1.91. The Morgan fingerprint density at radius 2 is 1.09 bits per heavy atom. The summed E-state index contributed by atoms with van der Waals surface area (Å²) in [6, 6.07) is 42.9. The topological polar surface area (TPSA) is 29.5 Å². The maximum absolute atomic E-state index is 12.6. The van der Waals surface area contributed by atoms with E-state index < -0.39 is 13.3 Å². The van der Waals surface area contributed by atoms with Crippen LogP contribution >= 0.6 is 0 Å². The summed E-state index contributed by atoms with van der Waals surface area (Å²) in [5.41, 5.74) is 1.13. The Morgan fingerprint density at radius 1 is 0.667 bits per heavy atom. The first kappa shape index (κ1) is 21.3.